The lowest BCUT2D eigenvalue weighted by molar-refractivity contribution is 0.0696. The van der Waals surface area contributed by atoms with E-state index >= 15 is 0 Å². The van der Waals surface area contributed by atoms with E-state index in [9.17, 15) is 9.59 Å². The maximum atomic E-state index is 11.3. The van der Waals surface area contributed by atoms with E-state index in [1.807, 2.05) is 0 Å². The van der Waals surface area contributed by atoms with Gasteiger partial charge in [0.05, 0.1) is 11.1 Å². The second-order valence-corrected chi connectivity index (χ2v) is 2.63. The van der Waals surface area contributed by atoms with Gasteiger partial charge in [-0.25, -0.2) is 4.79 Å². The van der Waals surface area contributed by atoms with Crippen LogP contribution in [0.25, 0.3) is 0 Å². The average molecular weight is 194 g/mol. The normalized spacial score (nSPS) is 9.50. The fourth-order valence-corrected chi connectivity index (χ4v) is 0.944. The molecule has 1 aromatic rings. The monoisotopic (exact) mass is 194 g/mol. The Labute approximate surface area is 80.8 Å². The van der Waals surface area contributed by atoms with Gasteiger partial charge >= 0.3 is 5.97 Å². The largest absolute Gasteiger partial charge is 0.478 e. The maximum absolute atomic E-state index is 11.3. The molecule has 0 aliphatic carbocycles. The number of nitrogens with one attached hydrogen (secondary N) is 1. The van der Waals surface area contributed by atoms with Gasteiger partial charge in [-0.1, -0.05) is 0 Å². The Morgan fingerprint density at radius 2 is 2.07 bits per heavy atom. The minimum atomic E-state index is -1.09. The van der Waals surface area contributed by atoms with Gasteiger partial charge in [-0.3, -0.25) is 9.78 Å². The number of nitrogens with zero attached hydrogens (tertiary/aromatic N) is 1. The second-order valence-electron chi connectivity index (χ2n) is 2.63. The van der Waals surface area contributed by atoms with Gasteiger partial charge in [-0.15, -0.1) is 0 Å². The molecule has 0 bridgehead atoms. The van der Waals surface area contributed by atoms with Gasteiger partial charge in [-0.05, 0) is 13.0 Å². The Morgan fingerprint density at radius 1 is 1.43 bits per heavy atom. The van der Waals surface area contributed by atoms with Crippen LogP contribution in [0.15, 0.2) is 18.5 Å². The first-order chi connectivity index (χ1) is 6.65. The fraction of sp³-hybridized carbons (Fsp3) is 0.222. The highest BCUT2D eigenvalue weighted by Crippen LogP contribution is 2.02. The molecule has 5 nitrogen and oxygen atoms in total. The summed E-state index contributed by atoms with van der Waals surface area (Å²) < 4.78 is 0. The van der Waals surface area contributed by atoms with Crippen molar-refractivity contribution in [1.29, 1.82) is 0 Å². The Kier molecular flexibility index (Phi) is 3.17. The molecule has 5 heteroatoms. The van der Waals surface area contributed by atoms with Crippen LogP contribution in [0.2, 0.25) is 0 Å². The predicted molar refractivity (Wildman–Crippen MR) is 49.2 cm³/mol. The van der Waals surface area contributed by atoms with E-state index < -0.39 is 5.97 Å². The number of pyridine rings is 1. The van der Waals surface area contributed by atoms with Crippen molar-refractivity contribution in [2.75, 3.05) is 6.54 Å². The van der Waals surface area contributed by atoms with Crippen LogP contribution in [0.5, 0.6) is 0 Å². The van der Waals surface area contributed by atoms with E-state index in [0.29, 0.717) is 6.54 Å². The molecule has 0 atom stereocenters. The second kappa shape index (κ2) is 4.36. The van der Waals surface area contributed by atoms with E-state index in [2.05, 4.69) is 10.3 Å². The Morgan fingerprint density at radius 3 is 2.64 bits per heavy atom. The minimum absolute atomic E-state index is 0.00810. The number of aromatic nitrogens is 1. The van der Waals surface area contributed by atoms with Crippen LogP contribution in [0.4, 0.5) is 0 Å². The lowest BCUT2D eigenvalue weighted by Gasteiger charge is -2.01. The van der Waals surface area contributed by atoms with Crippen molar-refractivity contribution in [2.45, 2.75) is 6.92 Å². The summed E-state index contributed by atoms with van der Waals surface area (Å²) in [4.78, 5) is 25.5. The highest BCUT2D eigenvalue weighted by Gasteiger charge is 2.08. The van der Waals surface area contributed by atoms with Crippen LogP contribution in [0, 0.1) is 0 Å². The molecular formula is C9H10N2O3. The van der Waals surface area contributed by atoms with Crippen LogP contribution >= 0.6 is 0 Å². The summed E-state index contributed by atoms with van der Waals surface area (Å²) >= 11 is 0. The number of carboxylic acid groups (broad SMARTS) is 1. The van der Waals surface area contributed by atoms with Gasteiger partial charge in [0, 0.05) is 18.9 Å². The number of hydrogen-bond acceptors (Lipinski definition) is 3. The first-order valence-corrected chi connectivity index (χ1v) is 4.11. The lowest BCUT2D eigenvalue weighted by Crippen LogP contribution is -2.23. The Bertz CT molecular complexity index is 363. The molecule has 1 amide bonds. The number of carboxylic acids is 1. The van der Waals surface area contributed by atoms with E-state index in [0.717, 1.165) is 0 Å². The van der Waals surface area contributed by atoms with Gasteiger partial charge in [0.25, 0.3) is 5.91 Å². The van der Waals surface area contributed by atoms with Crippen molar-refractivity contribution in [2.24, 2.45) is 0 Å². The average Bonchev–Trinajstić information content (AvgIpc) is 2.18. The summed E-state index contributed by atoms with van der Waals surface area (Å²) in [6.45, 7) is 2.28. The van der Waals surface area contributed by atoms with Crippen molar-refractivity contribution in [1.82, 2.24) is 10.3 Å². The summed E-state index contributed by atoms with van der Waals surface area (Å²) in [6.07, 6.45) is 2.53. The maximum Gasteiger partial charge on any atom is 0.337 e. The molecule has 1 rings (SSSR count). The molecule has 1 heterocycles. The van der Waals surface area contributed by atoms with E-state index in [4.69, 9.17) is 5.11 Å². The summed E-state index contributed by atoms with van der Waals surface area (Å²) in [5.74, 6) is -1.41. The SMILES string of the molecule is CCNC(=O)c1cncc(C(=O)O)c1. The summed E-state index contributed by atoms with van der Waals surface area (Å²) in [7, 11) is 0. The molecule has 0 fully saturated rings. The molecule has 0 saturated heterocycles. The third kappa shape index (κ3) is 2.29. The van der Waals surface area contributed by atoms with Gasteiger partial charge in [0.2, 0.25) is 0 Å². The first-order valence-electron chi connectivity index (χ1n) is 4.11. The third-order valence-electron chi connectivity index (χ3n) is 1.58. The predicted octanol–water partition coefficient (Wildman–Crippen LogP) is 0.529. The van der Waals surface area contributed by atoms with E-state index in [-0.39, 0.29) is 17.0 Å². The molecule has 74 valence electrons. The summed E-state index contributed by atoms with van der Waals surface area (Å²) in [5.41, 5.74) is 0.264. The molecule has 0 unspecified atom stereocenters. The summed E-state index contributed by atoms with van der Waals surface area (Å²) in [6, 6.07) is 1.29. The topological polar surface area (TPSA) is 79.3 Å². The fourth-order valence-electron chi connectivity index (χ4n) is 0.944. The number of rotatable bonds is 3. The molecule has 1 aromatic heterocycles. The molecule has 0 saturated carbocycles. The van der Waals surface area contributed by atoms with Crippen molar-refractivity contribution < 1.29 is 14.7 Å². The van der Waals surface area contributed by atoms with Crippen molar-refractivity contribution in [3.63, 3.8) is 0 Å². The third-order valence-corrected chi connectivity index (χ3v) is 1.58. The van der Waals surface area contributed by atoms with E-state index in [1.54, 1.807) is 6.92 Å². The number of carbonyl (C=O) groups excluding carboxylic acids is 1. The van der Waals surface area contributed by atoms with Gasteiger partial charge in [0.1, 0.15) is 0 Å². The van der Waals surface area contributed by atoms with Crippen molar-refractivity contribution in [3.05, 3.63) is 29.6 Å². The van der Waals surface area contributed by atoms with Crippen LogP contribution in [0.1, 0.15) is 27.6 Å². The quantitative estimate of drug-likeness (QED) is 0.735. The number of aromatic carboxylic acids is 1. The van der Waals surface area contributed by atoms with Crippen LogP contribution in [-0.2, 0) is 0 Å². The molecule has 0 radical (unpaired) electrons. The zero-order valence-corrected chi connectivity index (χ0v) is 7.65. The van der Waals surface area contributed by atoms with Crippen LogP contribution in [-0.4, -0.2) is 28.5 Å². The van der Waals surface area contributed by atoms with Crippen LogP contribution in [0.3, 0.4) is 0 Å². The Hall–Kier alpha value is -1.91. The number of amides is 1. The molecule has 0 spiro atoms. The standard InChI is InChI=1S/C9H10N2O3/c1-2-11-8(12)6-3-7(9(13)14)5-10-4-6/h3-5H,2H2,1H3,(H,11,12)(H,13,14). The molecule has 2 N–H and O–H groups in total. The summed E-state index contributed by atoms with van der Waals surface area (Å²) in [5, 5.41) is 11.2. The van der Waals surface area contributed by atoms with Gasteiger partial charge in [0.15, 0.2) is 0 Å². The molecule has 14 heavy (non-hydrogen) atoms. The zero-order valence-electron chi connectivity index (χ0n) is 7.65. The molecular weight excluding hydrogens is 184 g/mol. The van der Waals surface area contributed by atoms with Crippen molar-refractivity contribution >= 4 is 11.9 Å². The number of carbonyl (C=O) groups is 2. The lowest BCUT2D eigenvalue weighted by atomic mass is 10.2. The molecule has 0 aromatic carbocycles. The first kappa shape index (κ1) is 10.2. The number of hydrogen-bond donors (Lipinski definition) is 2. The molecule has 0 aliphatic heterocycles. The minimum Gasteiger partial charge on any atom is -0.478 e. The smallest absolute Gasteiger partial charge is 0.337 e. The van der Waals surface area contributed by atoms with Crippen molar-refractivity contribution in [3.8, 4) is 0 Å². The highest BCUT2D eigenvalue weighted by molar-refractivity contribution is 5.96. The zero-order chi connectivity index (χ0) is 10.6. The van der Waals surface area contributed by atoms with E-state index in [1.165, 1.54) is 18.5 Å². The Balaban J connectivity index is 2.93. The van der Waals surface area contributed by atoms with Gasteiger partial charge < -0.3 is 10.4 Å². The van der Waals surface area contributed by atoms with Crippen LogP contribution < -0.4 is 5.32 Å². The molecule has 0 aliphatic rings. The highest BCUT2D eigenvalue weighted by atomic mass is 16.4. The van der Waals surface area contributed by atoms with Gasteiger partial charge in [-0.2, -0.15) is 0 Å².